The molecule has 23 heavy (non-hydrogen) atoms. The number of hydrogen-bond donors (Lipinski definition) is 1. The lowest BCUT2D eigenvalue weighted by Crippen LogP contribution is -2.26. The van der Waals surface area contributed by atoms with Crippen molar-refractivity contribution in [2.24, 2.45) is 0 Å². The maximum atomic E-state index is 11.7. The van der Waals surface area contributed by atoms with Gasteiger partial charge in [-0.2, -0.15) is 0 Å². The van der Waals surface area contributed by atoms with Crippen LogP contribution in [0.3, 0.4) is 0 Å². The van der Waals surface area contributed by atoms with E-state index in [0.717, 1.165) is 0 Å². The Kier molecular flexibility index (Phi) is 6.73. The van der Waals surface area contributed by atoms with Gasteiger partial charge in [-0.3, -0.25) is 9.59 Å². The van der Waals surface area contributed by atoms with E-state index in [9.17, 15) is 9.59 Å². The Morgan fingerprint density at radius 2 is 2.26 bits per heavy atom. The van der Waals surface area contributed by atoms with Crippen molar-refractivity contribution in [2.75, 3.05) is 18.9 Å². The third kappa shape index (κ3) is 5.76. The second kappa shape index (κ2) is 8.79. The van der Waals surface area contributed by atoms with E-state index >= 15 is 0 Å². The summed E-state index contributed by atoms with van der Waals surface area (Å²) in [6.07, 6.45) is 0.851. The number of esters is 1. The first kappa shape index (κ1) is 17.6. The van der Waals surface area contributed by atoms with Crippen LogP contribution in [0.5, 0.6) is 0 Å². The van der Waals surface area contributed by atoms with Gasteiger partial charge in [0.15, 0.2) is 5.58 Å². The SMILES string of the molecule is CCOC(=O)CCCNC(=O)CSc1nc2cc(Cl)ccc2o1. The number of benzene rings is 1. The predicted molar refractivity (Wildman–Crippen MR) is 88.6 cm³/mol. The number of amides is 1. The number of thioether (sulfide) groups is 1. The third-order valence-electron chi connectivity index (χ3n) is 2.84. The molecule has 0 atom stereocenters. The van der Waals surface area contributed by atoms with Gasteiger partial charge in [-0.1, -0.05) is 23.4 Å². The second-order valence-electron chi connectivity index (χ2n) is 4.64. The molecule has 0 bridgehead atoms. The number of aromatic nitrogens is 1. The average molecular weight is 357 g/mol. The number of rotatable bonds is 8. The summed E-state index contributed by atoms with van der Waals surface area (Å²) >= 11 is 7.09. The average Bonchev–Trinajstić information content (AvgIpc) is 2.92. The number of oxazole rings is 1. The van der Waals surface area contributed by atoms with Crippen LogP contribution in [0.1, 0.15) is 19.8 Å². The number of hydrogen-bond acceptors (Lipinski definition) is 6. The molecule has 2 rings (SSSR count). The highest BCUT2D eigenvalue weighted by atomic mass is 35.5. The van der Waals surface area contributed by atoms with Gasteiger partial charge in [-0.25, -0.2) is 4.98 Å². The van der Waals surface area contributed by atoms with Crippen molar-refractivity contribution in [1.82, 2.24) is 10.3 Å². The standard InChI is InChI=1S/C15H17ClN2O4S/c1-2-21-14(20)4-3-7-17-13(19)9-23-15-18-11-8-10(16)5-6-12(11)22-15/h5-6,8H,2-4,7,9H2,1H3,(H,17,19). The molecule has 124 valence electrons. The smallest absolute Gasteiger partial charge is 0.305 e. The first-order chi connectivity index (χ1) is 11.1. The summed E-state index contributed by atoms with van der Waals surface area (Å²) in [5.74, 6) is -0.194. The molecular formula is C15H17ClN2O4S. The molecule has 1 amide bonds. The molecular weight excluding hydrogens is 340 g/mol. The zero-order valence-corrected chi connectivity index (χ0v) is 14.2. The van der Waals surface area contributed by atoms with Gasteiger partial charge < -0.3 is 14.5 Å². The van der Waals surface area contributed by atoms with E-state index in [-0.39, 0.29) is 17.6 Å². The van der Waals surface area contributed by atoms with Crippen LogP contribution in [0.2, 0.25) is 5.02 Å². The Hall–Kier alpha value is -1.73. The molecule has 0 saturated carbocycles. The molecule has 0 saturated heterocycles. The highest BCUT2D eigenvalue weighted by Gasteiger charge is 2.10. The van der Waals surface area contributed by atoms with Gasteiger partial charge in [0.2, 0.25) is 5.91 Å². The molecule has 6 nitrogen and oxygen atoms in total. The van der Waals surface area contributed by atoms with Crippen molar-refractivity contribution in [3.8, 4) is 0 Å². The summed E-state index contributed by atoms with van der Waals surface area (Å²) in [5, 5.41) is 3.74. The molecule has 0 fully saturated rings. The van der Waals surface area contributed by atoms with Gasteiger partial charge in [0.25, 0.3) is 5.22 Å². The quantitative estimate of drug-likeness (QED) is 0.445. The van der Waals surface area contributed by atoms with Crippen LogP contribution in [0, 0.1) is 0 Å². The number of halogens is 1. The highest BCUT2D eigenvalue weighted by Crippen LogP contribution is 2.25. The lowest BCUT2D eigenvalue weighted by molar-refractivity contribution is -0.143. The molecule has 1 N–H and O–H groups in total. The molecule has 1 aromatic carbocycles. The van der Waals surface area contributed by atoms with Gasteiger partial charge >= 0.3 is 5.97 Å². The zero-order valence-electron chi connectivity index (χ0n) is 12.6. The van der Waals surface area contributed by atoms with Crippen molar-refractivity contribution in [1.29, 1.82) is 0 Å². The minimum Gasteiger partial charge on any atom is -0.466 e. The third-order valence-corrected chi connectivity index (χ3v) is 3.91. The monoisotopic (exact) mass is 356 g/mol. The van der Waals surface area contributed by atoms with E-state index in [1.807, 2.05) is 0 Å². The van der Waals surface area contributed by atoms with Crippen LogP contribution in [0.4, 0.5) is 0 Å². The summed E-state index contributed by atoms with van der Waals surface area (Å²) in [6, 6.07) is 5.17. The lowest BCUT2D eigenvalue weighted by Gasteiger charge is -2.04. The number of nitrogens with zero attached hydrogens (tertiary/aromatic N) is 1. The van der Waals surface area contributed by atoms with Gasteiger partial charge in [0, 0.05) is 18.0 Å². The van der Waals surface area contributed by atoms with Crippen molar-refractivity contribution in [3.05, 3.63) is 23.2 Å². The van der Waals surface area contributed by atoms with Crippen molar-refractivity contribution in [3.63, 3.8) is 0 Å². The van der Waals surface area contributed by atoms with E-state index in [2.05, 4.69) is 10.3 Å². The Balaban J connectivity index is 1.70. The number of ether oxygens (including phenoxy) is 1. The Bertz CT molecular complexity index is 689. The largest absolute Gasteiger partial charge is 0.466 e. The Morgan fingerprint density at radius 1 is 1.43 bits per heavy atom. The molecule has 1 heterocycles. The Morgan fingerprint density at radius 3 is 3.04 bits per heavy atom. The van der Waals surface area contributed by atoms with E-state index in [0.29, 0.717) is 47.3 Å². The van der Waals surface area contributed by atoms with Crippen molar-refractivity contribution >= 4 is 46.3 Å². The van der Waals surface area contributed by atoms with Gasteiger partial charge in [-0.05, 0) is 31.5 Å². The maximum Gasteiger partial charge on any atom is 0.305 e. The molecule has 0 spiro atoms. The maximum absolute atomic E-state index is 11.7. The molecule has 1 aromatic heterocycles. The van der Waals surface area contributed by atoms with Crippen LogP contribution < -0.4 is 5.32 Å². The minimum atomic E-state index is -0.249. The zero-order chi connectivity index (χ0) is 16.7. The van der Waals surface area contributed by atoms with E-state index in [1.165, 1.54) is 11.8 Å². The fourth-order valence-electron chi connectivity index (χ4n) is 1.81. The number of carbonyl (C=O) groups is 2. The number of carbonyl (C=O) groups excluding carboxylic acids is 2. The van der Waals surface area contributed by atoms with Gasteiger partial charge in [0.05, 0.1) is 12.4 Å². The molecule has 0 aliphatic rings. The summed E-state index contributed by atoms with van der Waals surface area (Å²) in [5.41, 5.74) is 1.29. The van der Waals surface area contributed by atoms with E-state index < -0.39 is 0 Å². The lowest BCUT2D eigenvalue weighted by atomic mass is 10.3. The molecule has 0 unspecified atom stereocenters. The van der Waals surface area contributed by atoms with Crippen LogP contribution in [-0.4, -0.2) is 35.8 Å². The minimum absolute atomic E-state index is 0.140. The fraction of sp³-hybridized carbons (Fsp3) is 0.400. The summed E-state index contributed by atoms with van der Waals surface area (Å²) in [6.45, 7) is 2.57. The summed E-state index contributed by atoms with van der Waals surface area (Å²) in [7, 11) is 0. The van der Waals surface area contributed by atoms with E-state index in [4.69, 9.17) is 20.8 Å². The molecule has 2 aromatic rings. The van der Waals surface area contributed by atoms with Crippen LogP contribution in [0.25, 0.3) is 11.1 Å². The van der Waals surface area contributed by atoms with Crippen LogP contribution >= 0.6 is 23.4 Å². The highest BCUT2D eigenvalue weighted by molar-refractivity contribution is 7.99. The molecule has 0 radical (unpaired) electrons. The normalized spacial score (nSPS) is 10.7. The molecule has 0 aliphatic heterocycles. The number of fused-ring (bicyclic) bond motifs is 1. The van der Waals surface area contributed by atoms with Gasteiger partial charge in [0.1, 0.15) is 5.52 Å². The summed E-state index contributed by atoms with van der Waals surface area (Å²) < 4.78 is 10.3. The first-order valence-electron chi connectivity index (χ1n) is 7.19. The number of nitrogens with one attached hydrogen (secondary N) is 1. The van der Waals surface area contributed by atoms with Crippen LogP contribution in [0.15, 0.2) is 27.8 Å². The van der Waals surface area contributed by atoms with E-state index in [1.54, 1.807) is 25.1 Å². The summed E-state index contributed by atoms with van der Waals surface area (Å²) in [4.78, 5) is 27.1. The topological polar surface area (TPSA) is 81.4 Å². The van der Waals surface area contributed by atoms with Crippen molar-refractivity contribution < 1.29 is 18.7 Å². The Labute approximate surface area is 142 Å². The molecule has 0 aliphatic carbocycles. The van der Waals surface area contributed by atoms with Gasteiger partial charge in [-0.15, -0.1) is 0 Å². The molecule has 8 heteroatoms. The predicted octanol–water partition coefficient (Wildman–Crippen LogP) is 3.03. The van der Waals surface area contributed by atoms with Crippen LogP contribution in [-0.2, 0) is 14.3 Å². The first-order valence-corrected chi connectivity index (χ1v) is 8.56. The second-order valence-corrected chi connectivity index (χ2v) is 6.00. The fourth-order valence-corrected chi connectivity index (χ4v) is 2.65. The van der Waals surface area contributed by atoms with Crippen molar-refractivity contribution in [2.45, 2.75) is 25.0 Å².